The zero-order chi connectivity index (χ0) is 14.3. The third-order valence-corrected chi connectivity index (χ3v) is 3.47. The second-order valence-corrected chi connectivity index (χ2v) is 4.85. The fourth-order valence-electron chi connectivity index (χ4n) is 2.27. The number of nitrogens with zero attached hydrogens (tertiary/aromatic N) is 1. The highest BCUT2D eigenvalue weighted by Gasteiger charge is 2.43. The van der Waals surface area contributed by atoms with Crippen molar-refractivity contribution in [1.29, 1.82) is 0 Å². The Hall–Kier alpha value is -2.21. The van der Waals surface area contributed by atoms with E-state index in [9.17, 15) is 14.4 Å². The van der Waals surface area contributed by atoms with Gasteiger partial charge in [0.05, 0.1) is 11.1 Å². The van der Waals surface area contributed by atoms with Gasteiger partial charge in [0.1, 0.15) is 0 Å². The molecule has 0 saturated heterocycles. The minimum atomic E-state index is -0.723. The van der Waals surface area contributed by atoms with Gasteiger partial charge in [-0.25, -0.2) is 4.79 Å². The summed E-state index contributed by atoms with van der Waals surface area (Å²) in [5.41, 5.74) is 0.483. The van der Waals surface area contributed by atoms with E-state index in [2.05, 4.69) is 0 Å². The molecule has 6 nitrogen and oxygen atoms in total. The fourth-order valence-corrected chi connectivity index (χ4v) is 2.27. The van der Waals surface area contributed by atoms with Crippen molar-refractivity contribution in [2.45, 2.75) is 18.9 Å². The van der Waals surface area contributed by atoms with Crippen LogP contribution in [-0.4, -0.2) is 36.1 Å². The van der Waals surface area contributed by atoms with Gasteiger partial charge in [0, 0.05) is 7.11 Å². The molecular formula is C14H13NO5. The summed E-state index contributed by atoms with van der Waals surface area (Å²) in [7, 11) is 1.41. The summed E-state index contributed by atoms with van der Waals surface area (Å²) < 4.78 is 5.07. The predicted molar refractivity (Wildman–Crippen MR) is 66.6 cm³/mol. The van der Waals surface area contributed by atoms with E-state index < -0.39 is 23.9 Å². The van der Waals surface area contributed by atoms with Gasteiger partial charge in [0.2, 0.25) is 0 Å². The number of benzene rings is 1. The number of amides is 2. The molecule has 1 atom stereocenters. The van der Waals surface area contributed by atoms with E-state index in [4.69, 9.17) is 9.57 Å². The van der Waals surface area contributed by atoms with E-state index in [-0.39, 0.29) is 17.0 Å². The van der Waals surface area contributed by atoms with Crippen molar-refractivity contribution in [1.82, 2.24) is 5.06 Å². The Bertz CT molecular complexity index is 558. The molecule has 1 saturated carbocycles. The van der Waals surface area contributed by atoms with Crippen molar-refractivity contribution in [2.24, 2.45) is 5.92 Å². The first-order valence-corrected chi connectivity index (χ1v) is 6.36. The number of carbonyl (C=O) groups excluding carboxylic acids is 3. The molecule has 1 aliphatic carbocycles. The molecule has 1 aliphatic heterocycles. The predicted octanol–water partition coefficient (Wildman–Crippen LogP) is 1.17. The zero-order valence-electron chi connectivity index (χ0n) is 10.9. The quantitative estimate of drug-likeness (QED) is 0.771. The molecule has 104 valence electrons. The van der Waals surface area contributed by atoms with E-state index >= 15 is 0 Å². The number of hydrogen-bond acceptors (Lipinski definition) is 5. The van der Waals surface area contributed by atoms with Gasteiger partial charge in [-0.05, 0) is 30.9 Å². The highest BCUT2D eigenvalue weighted by Crippen LogP contribution is 2.35. The number of hydrogen-bond donors (Lipinski definition) is 0. The first-order valence-electron chi connectivity index (χ1n) is 6.36. The van der Waals surface area contributed by atoms with Crippen molar-refractivity contribution < 1.29 is 24.0 Å². The molecule has 20 heavy (non-hydrogen) atoms. The first-order chi connectivity index (χ1) is 9.63. The average Bonchev–Trinajstić information content (AvgIpc) is 3.25. The minimum absolute atomic E-state index is 0.114. The van der Waals surface area contributed by atoms with Gasteiger partial charge < -0.3 is 9.57 Å². The van der Waals surface area contributed by atoms with Gasteiger partial charge in [-0.1, -0.05) is 17.2 Å². The molecule has 2 amide bonds. The molecule has 0 spiro atoms. The smallest absolute Gasteiger partial charge is 0.361 e. The Morgan fingerprint density at radius 3 is 2.20 bits per heavy atom. The molecular weight excluding hydrogens is 262 g/mol. The largest absolute Gasteiger partial charge is 0.369 e. The van der Waals surface area contributed by atoms with Crippen LogP contribution in [0.2, 0.25) is 0 Å². The summed E-state index contributed by atoms with van der Waals surface area (Å²) in [6, 6.07) is 6.35. The van der Waals surface area contributed by atoms with Crippen molar-refractivity contribution in [3.63, 3.8) is 0 Å². The highest BCUT2D eigenvalue weighted by atomic mass is 16.7. The number of hydroxylamine groups is 2. The van der Waals surface area contributed by atoms with E-state index in [1.54, 1.807) is 12.1 Å². The van der Waals surface area contributed by atoms with Crippen molar-refractivity contribution in [3.05, 3.63) is 35.4 Å². The van der Waals surface area contributed by atoms with Crippen LogP contribution in [0.3, 0.4) is 0 Å². The summed E-state index contributed by atoms with van der Waals surface area (Å²) in [4.78, 5) is 41.0. The number of imide groups is 1. The molecule has 1 aromatic carbocycles. The lowest BCUT2D eigenvalue weighted by Crippen LogP contribution is -2.38. The van der Waals surface area contributed by atoms with Gasteiger partial charge in [-0.3, -0.25) is 9.59 Å². The zero-order valence-corrected chi connectivity index (χ0v) is 10.9. The van der Waals surface area contributed by atoms with Crippen molar-refractivity contribution in [2.75, 3.05) is 7.11 Å². The van der Waals surface area contributed by atoms with Crippen LogP contribution in [0, 0.1) is 5.92 Å². The molecule has 1 unspecified atom stereocenters. The minimum Gasteiger partial charge on any atom is -0.369 e. The summed E-state index contributed by atoms with van der Waals surface area (Å²) in [5, 5.41) is 0.515. The maximum Gasteiger partial charge on any atom is 0.361 e. The molecule has 1 heterocycles. The van der Waals surface area contributed by atoms with Crippen LogP contribution in [0.5, 0.6) is 0 Å². The Labute approximate surface area is 115 Å². The molecule has 1 fully saturated rings. The SMILES string of the molecule is COC(C(=O)ON1C(=O)c2ccccc2C1=O)C1CC1. The van der Waals surface area contributed by atoms with Crippen LogP contribution in [-0.2, 0) is 14.4 Å². The molecule has 0 N–H and O–H groups in total. The molecule has 3 rings (SSSR count). The van der Waals surface area contributed by atoms with Crippen molar-refractivity contribution in [3.8, 4) is 0 Å². The summed E-state index contributed by atoms with van der Waals surface area (Å²) >= 11 is 0. The Kier molecular flexibility index (Phi) is 3.02. The van der Waals surface area contributed by atoms with E-state index in [1.165, 1.54) is 19.2 Å². The number of methoxy groups -OCH3 is 1. The second kappa shape index (κ2) is 4.72. The van der Waals surface area contributed by atoms with E-state index in [1.807, 2.05) is 0 Å². The number of rotatable bonds is 4. The normalized spacial score (nSPS) is 18.9. The van der Waals surface area contributed by atoms with Crippen LogP contribution < -0.4 is 0 Å². The Morgan fingerprint density at radius 2 is 1.75 bits per heavy atom. The second-order valence-electron chi connectivity index (χ2n) is 4.85. The maximum absolute atomic E-state index is 12.0. The van der Waals surface area contributed by atoms with Gasteiger partial charge in [-0.2, -0.15) is 0 Å². The third kappa shape index (κ3) is 1.98. The van der Waals surface area contributed by atoms with Gasteiger partial charge in [0.25, 0.3) is 11.8 Å². The van der Waals surface area contributed by atoms with Gasteiger partial charge in [-0.15, -0.1) is 0 Å². The summed E-state index contributed by atoms with van der Waals surface area (Å²) in [6.45, 7) is 0. The summed E-state index contributed by atoms with van der Waals surface area (Å²) in [5.74, 6) is -1.83. The fraction of sp³-hybridized carbons (Fsp3) is 0.357. The molecule has 0 radical (unpaired) electrons. The van der Waals surface area contributed by atoms with Crippen LogP contribution in [0.15, 0.2) is 24.3 Å². The molecule has 2 aliphatic rings. The number of ether oxygens (including phenoxy) is 1. The van der Waals surface area contributed by atoms with Crippen molar-refractivity contribution >= 4 is 17.8 Å². The lowest BCUT2D eigenvalue weighted by molar-refractivity contribution is -0.181. The molecule has 1 aromatic rings. The van der Waals surface area contributed by atoms with Crippen LogP contribution in [0.1, 0.15) is 33.6 Å². The monoisotopic (exact) mass is 275 g/mol. The van der Waals surface area contributed by atoms with Crippen LogP contribution in [0.25, 0.3) is 0 Å². The van der Waals surface area contributed by atoms with E-state index in [0.29, 0.717) is 5.06 Å². The third-order valence-electron chi connectivity index (χ3n) is 3.47. The Morgan fingerprint density at radius 1 is 1.20 bits per heavy atom. The molecule has 6 heteroatoms. The number of carbonyl (C=O) groups is 3. The van der Waals surface area contributed by atoms with Gasteiger partial charge in [0.15, 0.2) is 6.10 Å². The first kappa shape index (κ1) is 12.8. The lowest BCUT2D eigenvalue weighted by Gasteiger charge is -2.17. The molecule has 0 aromatic heterocycles. The molecule has 0 bridgehead atoms. The van der Waals surface area contributed by atoms with Crippen LogP contribution >= 0.6 is 0 Å². The average molecular weight is 275 g/mol. The lowest BCUT2D eigenvalue weighted by atomic mass is 10.1. The van der Waals surface area contributed by atoms with E-state index in [0.717, 1.165) is 12.8 Å². The Balaban J connectivity index is 1.78. The highest BCUT2D eigenvalue weighted by molar-refractivity contribution is 6.20. The van der Waals surface area contributed by atoms with Crippen LogP contribution in [0.4, 0.5) is 0 Å². The maximum atomic E-state index is 12.0. The summed E-state index contributed by atoms with van der Waals surface area (Å²) in [6.07, 6.45) is 1.05. The van der Waals surface area contributed by atoms with Gasteiger partial charge >= 0.3 is 5.97 Å². The number of fused-ring (bicyclic) bond motifs is 1. The topological polar surface area (TPSA) is 72.9 Å². The standard InChI is InChI=1S/C14H13NO5/c1-19-11(8-6-7-8)14(18)20-15-12(16)9-4-2-3-5-10(9)13(15)17/h2-5,8,11H,6-7H2,1H3.